The fourth-order valence-corrected chi connectivity index (χ4v) is 1.57. The molecular formula is C13H13N5O2. The molecule has 2 rings (SSSR count). The van der Waals surface area contributed by atoms with E-state index in [1.54, 1.807) is 30.9 Å². The minimum Gasteiger partial charge on any atom is -0.360 e. The van der Waals surface area contributed by atoms with Crippen molar-refractivity contribution in [3.8, 4) is 6.07 Å². The first-order valence-electron chi connectivity index (χ1n) is 5.86. The Morgan fingerprint density at radius 2 is 2.30 bits per heavy atom. The van der Waals surface area contributed by atoms with E-state index in [-0.39, 0.29) is 11.4 Å². The zero-order chi connectivity index (χ0) is 14.7. The van der Waals surface area contributed by atoms with Crippen LogP contribution in [0.2, 0.25) is 0 Å². The number of nitrogens with zero attached hydrogens (tertiary/aromatic N) is 4. The molecule has 20 heavy (non-hydrogen) atoms. The van der Waals surface area contributed by atoms with Gasteiger partial charge >= 0.3 is 0 Å². The van der Waals surface area contributed by atoms with Crippen molar-refractivity contribution in [2.45, 2.75) is 13.8 Å². The second-order valence-electron chi connectivity index (χ2n) is 4.26. The lowest BCUT2D eigenvalue weighted by Gasteiger charge is -1.99. The predicted octanol–water partition coefficient (Wildman–Crippen LogP) is 1.57. The van der Waals surface area contributed by atoms with Crippen molar-refractivity contribution < 1.29 is 9.32 Å². The van der Waals surface area contributed by atoms with Crippen LogP contribution in [0.15, 0.2) is 22.4 Å². The number of carbonyl (C=O) groups is 1. The van der Waals surface area contributed by atoms with E-state index in [9.17, 15) is 4.79 Å². The Morgan fingerprint density at radius 3 is 2.80 bits per heavy atom. The van der Waals surface area contributed by atoms with E-state index >= 15 is 0 Å². The molecule has 0 aliphatic rings. The molecule has 0 aliphatic carbocycles. The average Bonchev–Trinajstić information content (AvgIpc) is 2.95. The first-order chi connectivity index (χ1) is 9.51. The SMILES string of the molecule is Cc1cc(NC(=O)/C(C#N)=C/c2cnn(C)c2C)no1. The Kier molecular flexibility index (Phi) is 3.66. The average molecular weight is 271 g/mol. The normalized spacial score (nSPS) is 11.2. The highest BCUT2D eigenvalue weighted by Gasteiger charge is 2.13. The summed E-state index contributed by atoms with van der Waals surface area (Å²) < 4.78 is 6.51. The summed E-state index contributed by atoms with van der Waals surface area (Å²) in [6.45, 7) is 3.56. The monoisotopic (exact) mass is 271 g/mol. The molecule has 0 bridgehead atoms. The molecule has 0 saturated heterocycles. The summed E-state index contributed by atoms with van der Waals surface area (Å²) in [6, 6.07) is 3.44. The van der Waals surface area contributed by atoms with E-state index in [4.69, 9.17) is 9.78 Å². The number of aromatic nitrogens is 3. The number of amides is 1. The summed E-state index contributed by atoms with van der Waals surface area (Å²) in [6.07, 6.45) is 3.09. The lowest BCUT2D eigenvalue weighted by atomic mass is 10.1. The maximum Gasteiger partial charge on any atom is 0.267 e. The number of nitrogens with one attached hydrogen (secondary N) is 1. The molecule has 102 valence electrons. The molecule has 2 aromatic heterocycles. The number of rotatable bonds is 3. The zero-order valence-electron chi connectivity index (χ0n) is 11.3. The molecule has 0 unspecified atom stereocenters. The molecule has 7 nitrogen and oxygen atoms in total. The summed E-state index contributed by atoms with van der Waals surface area (Å²) in [5.41, 5.74) is 1.56. The van der Waals surface area contributed by atoms with Gasteiger partial charge in [-0.15, -0.1) is 0 Å². The van der Waals surface area contributed by atoms with Crippen LogP contribution in [0.4, 0.5) is 5.82 Å². The van der Waals surface area contributed by atoms with E-state index < -0.39 is 5.91 Å². The molecule has 0 aromatic carbocycles. The van der Waals surface area contributed by atoms with Gasteiger partial charge in [0.05, 0.1) is 6.20 Å². The molecular weight excluding hydrogens is 258 g/mol. The van der Waals surface area contributed by atoms with Crippen LogP contribution in [0, 0.1) is 25.2 Å². The van der Waals surface area contributed by atoms with Gasteiger partial charge in [-0.2, -0.15) is 10.4 Å². The van der Waals surface area contributed by atoms with Crippen molar-refractivity contribution >= 4 is 17.8 Å². The van der Waals surface area contributed by atoms with E-state index in [0.717, 1.165) is 11.3 Å². The van der Waals surface area contributed by atoms with Crippen LogP contribution in [-0.4, -0.2) is 20.8 Å². The molecule has 0 atom stereocenters. The summed E-state index contributed by atoms with van der Waals surface area (Å²) in [7, 11) is 1.79. The topological polar surface area (TPSA) is 96.7 Å². The van der Waals surface area contributed by atoms with Gasteiger partial charge in [0.2, 0.25) is 0 Å². The Bertz CT molecular complexity index is 717. The first-order valence-corrected chi connectivity index (χ1v) is 5.86. The highest BCUT2D eigenvalue weighted by molar-refractivity contribution is 6.09. The van der Waals surface area contributed by atoms with Crippen molar-refractivity contribution in [3.63, 3.8) is 0 Å². The van der Waals surface area contributed by atoms with Crippen LogP contribution in [-0.2, 0) is 11.8 Å². The molecule has 0 saturated carbocycles. The minimum atomic E-state index is -0.538. The molecule has 2 heterocycles. The molecule has 0 fully saturated rings. The van der Waals surface area contributed by atoms with Gasteiger partial charge in [-0.25, -0.2) is 0 Å². The number of carbonyl (C=O) groups excluding carboxylic acids is 1. The first kappa shape index (κ1) is 13.5. The molecule has 7 heteroatoms. The maximum absolute atomic E-state index is 12.0. The largest absolute Gasteiger partial charge is 0.360 e. The van der Waals surface area contributed by atoms with Gasteiger partial charge in [-0.1, -0.05) is 5.16 Å². The number of anilines is 1. The van der Waals surface area contributed by atoms with Crippen LogP contribution < -0.4 is 5.32 Å². The Morgan fingerprint density at radius 1 is 1.55 bits per heavy atom. The third kappa shape index (κ3) is 2.75. The third-order valence-corrected chi connectivity index (χ3v) is 2.81. The molecule has 0 spiro atoms. The van der Waals surface area contributed by atoms with Crippen LogP contribution in [0.25, 0.3) is 6.08 Å². The minimum absolute atomic E-state index is 0.0262. The van der Waals surface area contributed by atoms with Crippen molar-refractivity contribution in [2.24, 2.45) is 7.05 Å². The van der Waals surface area contributed by atoms with Crippen molar-refractivity contribution in [2.75, 3.05) is 5.32 Å². The second-order valence-corrected chi connectivity index (χ2v) is 4.26. The second kappa shape index (κ2) is 5.40. The van der Waals surface area contributed by atoms with Gasteiger partial charge in [-0.05, 0) is 19.9 Å². The van der Waals surface area contributed by atoms with Gasteiger partial charge < -0.3 is 9.84 Å². The van der Waals surface area contributed by atoms with Crippen molar-refractivity contribution in [3.05, 3.63) is 34.9 Å². The highest BCUT2D eigenvalue weighted by atomic mass is 16.5. The Balaban J connectivity index is 2.22. The summed E-state index contributed by atoms with van der Waals surface area (Å²) in [5.74, 6) is 0.312. The van der Waals surface area contributed by atoms with Crippen LogP contribution >= 0.6 is 0 Å². The van der Waals surface area contributed by atoms with Crippen LogP contribution in [0.3, 0.4) is 0 Å². The molecule has 2 aromatic rings. The zero-order valence-corrected chi connectivity index (χ0v) is 11.3. The third-order valence-electron chi connectivity index (χ3n) is 2.81. The predicted molar refractivity (Wildman–Crippen MR) is 71.4 cm³/mol. The van der Waals surface area contributed by atoms with Crippen LogP contribution in [0.5, 0.6) is 0 Å². The molecule has 1 amide bonds. The Labute approximate surface area is 115 Å². The lowest BCUT2D eigenvalue weighted by molar-refractivity contribution is -0.112. The smallest absolute Gasteiger partial charge is 0.267 e. The maximum atomic E-state index is 12.0. The van der Waals surface area contributed by atoms with Gasteiger partial charge in [0, 0.05) is 24.4 Å². The molecule has 0 radical (unpaired) electrons. The molecule has 1 N–H and O–H groups in total. The number of aryl methyl sites for hydroxylation is 2. The van der Waals surface area contributed by atoms with E-state index in [1.807, 2.05) is 13.0 Å². The van der Waals surface area contributed by atoms with Crippen molar-refractivity contribution in [1.29, 1.82) is 5.26 Å². The standard InChI is InChI=1S/C13H13N5O2/c1-8-4-12(17-20-8)16-13(19)10(6-14)5-11-7-15-18(3)9(11)2/h4-5,7H,1-3H3,(H,16,17,19)/b10-5+. The summed E-state index contributed by atoms with van der Waals surface area (Å²) in [4.78, 5) is 12.0. The Hall–Kier alpha value is -2.88. The van der Waals surface area contributed by atoms with Crippen LogP contribution in [0.1, 0.15) is 17.0 Å². The summed E-state index contributed by atoms with van der Waals surface area (Å²) in [5, 5.41) is 19.3. The number of hydrogen-bond acceptors (Lipinski definition) is 5. The van der Waals surface area contributed by atoms with Gasteiger partial charge in [-0.3, -0.25) is 9.48 Å². The fraction of sp³-hybridized carbons (Fsp3) is 0.231. The van der Waals surface area contributed by atoms with Crippen molar-refractivity contribution in [1.82, 2.24) is 14.9 Å². The number of nitriles is 1. The van der Waals surface area contributed by atoms with E-state index in [0.29, 0.717) is 5.76 Å². The van der Waals surface area contributed by atoms with E-state index in [2.05, 4.69) is 15.6 Å². The highest BCUT2D eigenvalue weighted by Crippen LogP contribution is 2.13. The molecule has 0 aliphatic heterocycles. The summed E-state index contributed by atoms with van der Waals surface area (Å²) >= 11 is 0. The lowest BCUT2D eigenvalue weighted by Crippen LogP contribution is -2.13. The quantitative estimate of drug-likeness (QED) is 0.675. The van der Waals surface area contributed by atoms with Gasteiger partial charge in [0.15, 0.2) is 5.82 Å². The van der Waals surface area contributed by atoms with E-state index in [1.165, 1.54) is 6.08 Å². The van der Waals surface area contributed by atoms with Gasteiger partial charge in [0.1, 0.15) is 17.4 Å². The van der Waals surface area contributed by atoms with Gasteiger partial charge in [0.25, 0.3) is 5.91 Å². The fourth-order valence-electron chi connectivity index (χ4n) is 1.57. The number of hydrogen-bond donors (Lipinski definition) is 1.